The van der Waals surface area contributed by atoms with E-state index in [1.165, 1.54) is 9.75 Å². The minimum Gasteiger partial charge on any atom is -0.384 e. The molecule has 0 amide bonds. The Kier molecular flexibility index (Phi) is 6.37. The van der Waals surface area contributed by atoms with Gasteiger partial charge in [-0.15, -0.1) is 11.3 Å². The van der Waals surface area contributed by atoms with E-state index in [1.54, 1.807) is 7.11 Å². The van der Waals surface area contributed by atoms with E-state index in [4.69, 9.17) is 14.0 Å². The highest BCUT2D eigenvalue weighted by Gasteiger charge is 2.21. The molecule has 0 N–H and O–H groups in total. The predicted octanol–water partition coefficient (Wildman–Crippen LogP) is 2.81. The summed E-state index contributed by atoms with van der Waals surface area (Å²) >= 11 is 1.89. The third-order valence-corrected chi connectivity index (χ3v) is 5.18. The summed E-state index contributed by atoms with van der Waals surface area (Å²) < 4.78 is 16.1. The fourth-order valence-corrected chi connectivity index (χ4v) is 3.79. The molecule has 1 saturated heterocycles. The molecule has 0 radical (unpaired) electrons. The van der Waals surface area contributed by atoms with Crippen molar-refractivity contribution in [3.63, 3.8) is 0 Å². The van der Waals surface area contributed by atoms with E-state index in [0.717, 1.165) is 32.5 Å². The van der Waals surface area contributed by atoms with Crippen LogP contribution in [0, 0.1) is 6.92 Å². The molecule has 6 nitrogen and oxygen atoms in total. The summed E-state index contributed by atoms with van der Waals surface area (Å²) in [4.78, 5) is 9.64. The van der Waals surface area contributed by atoms with Crippen molar-refractivity contribution < 1.29 is 14.0 Å². The van der Waals surface area contributed by atoms with Gasteiger partial charge in [0, 0.05) is 42.9 Å². The maximum absolute atomic E-state index is 5.94. The van der Waals surface area contributed by atoms with E-state index < -0.39 is 0 Å². The molecule has 0 unspecified atom stereocenters. The molecule has 0 aliphatic carbocycles. The summed E-state index contributed by atoms with van der Waals surface area (Å²) in [7, 11) is 1.66. The van der Waals surface area contributed by atoms with Gasteiger partial charge in [-0.3, -0.25) is 4.90 Å². The van der Waals surface area contributed by atoms with E-state index in [-0.39, 0.29) is 6.10 Å². The summed E-state index contributed by atoms with van der Waals surface area (Å²) in [5.74, 6) is 1.23. The minimum atomic E-state index is 0.278. The lowest BCUT2D eigenvalue weighted by Gasteiger charge is -2.31. The van der Waals surface area contributed by atoms with Gasteiger partial charge in [-0.1, -0.05) is 5.16 Å². The monoisotopic (exact) mass is 351 g/mol. The van der Waals surface area contributed by atoms with Gasteiger partial charge in [-0.05, 0) is 31.9 Å². The van der Waals surface area contributed by atoms with Crippen LogP contribution in [0.25, 0.3) is 0 Å². The van der Waals surface area contributed by atoms with Crippen LogP contribution in [-0.4, -0.2) is 48.0 Å². The first-order valence-electron chi connectivity index (χ1n) is 8.42. The number of hydrogen-bond donors (Lipinski definition) is 0. The van der Waals surface area contributed by atoms with Crippen molar-refractivity contribution in [3.8, 4) is 0 Å². The number of aromatic nitrogens is 2. The number of piperidine rings is 1. The van der Waals surface area contributed by atoms with Crippen LogP contribution in [0.4, 0.5) is 0 Å². The topological polar surface area (TPSA) is 60.6 Å². The first kappa shape index (κ1) is 17.5. The zero-order valence-corrected chi connectivity index (χ0v) is 15.2. The van der Waals surface area contributed by atoms with Crippen LogP contribution in [0.1, 0.15) is 34.3 Å². The lowest BCUT2D eigenvalue weighted by molar-refractivity contribution is -0.0135. The smallest absolute Gasteiger partial charge is 0.252 e. The van der Waals surface area contributed by atoms with E-state index >= 15 is 0 Å². The van der Waals surface area contributed by atoms with Gasteiger partial charge in [-0.25, -0.2) is 0 Å². The number of nitrogens with zero attached hydrogens (tertiary/aromatic N) is 3. The first-order valence-corrected chi connectivity index (χ1v) is 9.24. The number of hydrogen-bond acceptors (Lipinski definition) is 7. The molecule has 0 saturated carbocycles. The van der Waals surface area contributed by atoms with Gasteiger partial charge in [0.1, 0.15) is 6.61 Å². The van der Waals surface area contributed by atoms with Crippen LogP contribution in [0.2, 0.25) is 0 Å². The van der Waals surface area contributed by atoms with Crippen LogP contribution >= 0.6 is 11.3 Å². The quantitative estimate of drug-likeness (QED) is 0.729. The van der Waals surface area contributed by atoms with Gasteiger partial charge in [0.15, 0.2) is 5.82 Å². The minimum absolute atomic E-state index is 0.278. The van der Waals surface area contributed by atoms with Gasteiger partial charge < -0.3 is 14.0 Å². The number of ether oxygens (including phenoxy) is 2. The highest BCUT2D eigenvalue weighted by molar-refractivity contribution is 7.11. The molecule has 0 spiro atoms. The summed E-state index contributed by atoms with van der Waals surface area (Å²) in [5.41, 5.74) is 0. The average molecular weight is 351 g/mol. The van der Waals surface area contributed by atoms with Crippen molar-refractivity contribution in [2.24, 2.45) is 0 Å². The molecular weight excluding hydrogens is 326 g/mol. The maximum atomic E-state index is 5.94. The summed E-state index contributed by atoms with van der Waals surface area (Å²) in [6.45, 7) is 6.36. The summed E-state index contributed by atoms with van der Waals surface area (Å²) in [5, 5.41) is 3.93. The Hall–Kier alpha value is -1.28. The predicted molar refractivity (Wildman–Crippen MR) is 92.0 cm³/mol. The zero-order valence-electron chi connectivity index (χ0n) is 14.4. The Balaban J connectivity index is 1.37. The number of thiophene rings is 1. The van der Waals surface area contributed by atoms with E-state index in [9.17, 15) is 0 Å². The van der Waals surface area contributed by atoms with E-state index in [0.29, 0.717) is 31.3 Å². The largest absolute Gasteiger partial charge is 0.384 e. The van der Waals surface area contributed by atoms with Gasteiger partial charge in [0.05, 0.1) is 12.7 Å². The lowest BCUT2D eigenvalue weighted by Crippen LogP contribution is -2.36. The average Bonchev–Trinajstić information content (AvgIpc) is 3.21. The zero-order chi connectivity index (χ0) is 16.8. The summed E-state index contributed by atoms with van der Waals surface area (Å²) in [6, 6.07) is 4.43. The first-order chi connectivity index (χ1) is 11.7. The summed E-state index contributed by atoms with van der Waals surface area (Å²) in [6.07, 6.45) is 3.05. The second kappa shape index (κ2) is 8.71. The van der Waals surface area contributed by atoms with Crippen LogP contribution in [-0.2, 0) is 29.0 Å². The Morgan fingerprint density at radius 3 is 2.88 bits per heavy atom. The third kappa shape index (κ3) is 5.11. The third-order valence-electron chi connectivity index (χ3n) is 4.19. The standard InChI is InChI=1S/C17H25N3O3S/c1-13-3-4-15(24-13)11-20-8-5-14(6-9-20)22-12-17-18-16(19-23-17)7-10-21-2/h3-4,14H,5-12H2,1-2H3. The Bertz CT molecular complexity index is 620. The number of methoxy groups -OCH3 is 1. The Morgan fingerprint density at radius 1 is 1.33 bits per heavy atom. The molecule has 2 aromatic heterocycles. The second-order valence-corrected chi connectivity index (χ2v) is 7.52. The van der Waals surface area contributed by atoms with Crippen molar-refractivity contribution in [2.45, 2.75) is 45.4 Å². The molecular formula is C17H25N3O3S. The highest BCUT2D eigenvalue weighted by Crippen LogP contribution is 2.21. The lowest BCUT2D eigenvalue weighted by atomic mass is 10.1. The van der Waals surface area contributed by atoms with Crippen molar-refractivity contribution in [2.75, 3.05) is 26.8 Å². The van der Waals surface area contributed by atoms with Crippen molar-refractivity contribution in [1.29, 1.82) is 0 Å². The Morgan fingerprint density at radius 2 is 2.17 bits per heavy atom. The van der Waals surface area contributed by atoms with Gasteiger partial charge in [0.25, 0.3) is 5.89 Å². The molecule has 7 heteroatoms. The number of rotatable bonds is 8. The molecule has 2 aromatic rings. The molecule has 3 heterocycles. The molecule has 0 aromatic carbocycles. The Labute approximate surface area is 146 Å². The van der Waals surface area contributed by atoms with Crippen molar-refractivity contribution in [3.05, 3.63) is 33.6 Å². The highest BCUT2D eigenvalue weighted by atomic mass is 32.1. The van der Waals surface area contributed by atoms with Gasteiger partial charge in [0.2, 0.25) is 0 Å². The number of aryl methyl sites for hydroxylation is 1. The molecule has 0 atom stereocenters. The fourth-order valence-electron chi connectivity index (χ4n) is 2.86. The van der Waals surface area contributed by atoms with Gasteiger partial charge in [-0.2, -0.15) is 4.98 Å². The van der Waals surface area contributed by atoms with Crippen molar-refractivity contribution >= 4 is 11.3 Å². The fraction of sp³-hybridized carbons (Fsp3) is 0.647. The van der Waals surface area contributed by atoms with E-state index in [2.05, 4.69) is 34.1 Å². The van der Waals surface area contributed by atoms with Crippen molar-refractivity contribution in [1.82, 2.24) is 15.0 Å². The molecule has 1 aliphatic heterocycles. The molecule has 132 valence electrons. The SMILES string of the molecule is COCCc1noc(COC2CCN(Cc3ccc(C)s3)CC2)n1. The molecule has 24 heavy (non-hydrogen) atoms. The normalized spacial score (nSPS) is 16.8. The van der Waals surface area contributed by atoms with Gasteiger partial charge >= 0.3 is 0 Å². The van der Waals surface area contributed by atoms with Crippen LogP contribution < -0.4 is 0 Å². The molecule has 1 fully saturated rings. The second-order valence-electron chi connectivity index (χ2n) is 6.15. The number of likely N-dealkylation sites (tertiary alicyclic amines) is 1. The van der Waals surface area contributed by atoms with Crippen LogP contribution in [0.5, 0.6) is 0 Å². The molecule has 0 bridgehead atoms. The van der Waals surface area contributed by atoms with Crippen LogP contribution in [0.15, 0.2) is 16.7 Å². The van der Waals surface area contributed by atoms with Crippen LogP contribution in [0.3, 0.4) is 0 Å². The molecule has 1 aliphatic rings. The van der Waals surface area contributed by atoms with E-state index in [1.807, 2.05) is 11.3 Å². The molecule has 3 rings (SSSR count). The maximum Gasteiger partial charge on any atom is 0.252 e.